The lowest BCUT2D eigenvalue weighted by Crippen LogP contribution is -2.36. The summed E-state index contributed by atoms with van der Waals surface area (Å²) in [5, 5.41) is 2.89. The fourth-order valence-corrected chi connectivity index (χ4v) is 0.650. The summed E-state index contributed by atoms with van der Waals surface area (Å²) < 4.78 is 0. The number of hydrogen-bond acceptors (Lipinski definition) is 3. The fourth-order valence-electron chi connectivity index (χ4n) is 0.650. The molecule has 64 valence electrons. The first kappa shape index (κ1) is 10.1. The lowest BCUT2D eigenvalue weighted by Gasteiger charge is -2.14. The topological polar surface area (TPSA) is 49.4 Å². The van der Waals surface area contributed by atoms with Crippen molar-refractivity contribution >= 4 is 11.7 Å². The first-order valence-electron chi connectivity index (χ1n) is 3.50. The second kappa shape index (κ2) is 4.85. The summed E-state index contributed by atoms with van der Waals surface area (Å²) in [5.41, 5.74) is 0. The molecule has 0 aliphatic carbocycles. The van der Waals surface area contributed by atoms with Crippen molar-refractivity contribution in [2.75, 3.05) is 27.2 Å². The van der Waals surface area contributed by atoms with Gasteiger partial charge in [0.25, 0.3) is 5.91 Å². The molecule has 0 aromatic rings. The third kappa shape index (κ3) is 3.72. The van der Waals surface area contributed by atoms with Crippen LogP contribution in [0.5, 0.6) is 0 Å². The Morgan fingerprint density at radius 2 is 2.00 bits per heavy atom. The molecule has 0 fully saturated rings. The number of likely N-dealkylation sites (N-methyl/N-ethyl adjacent to an activating group) is 2. The van der Waals surface area contributed by atoms with Crippen molar-refractivity contribution in [3.05, 3.63) is 0 Å². The zero-order valence-corrected chi connectivity index (χ0v) is 7.18. The van der Waals surface area contributed by atoms with Gasteiger partial charge in [0.05, 0.1) is 0 Å². The Morgan fingerprint density at radius 3 is 2.36 bits per heavy atom. The molecule has 11 heavy (non-hydrogen) atoms. The van der Waals surface area contributed by atoms with Crippen LogP contribution in [-0.2, 0) is 9.59 Å². The number of Topliss-reactive ketones (excluding diaryl/α,β-unsaturated/α-hetero) is 1. The van der Waals surface area contributed by atoms with Gasteiger partial charge in [-0.05, 0) is 7.05 Å². The van der Waals surface area contributed by atoms with Crippen molar-refractivity contribution in [3.8, 4) is 0 Å². The molecular weight excluding hydrogens is 144 g/mol. The summed E-state index contributed by atoms with van der Waals surface area (Å²) in [7, 11) is 3.41. The van der Waals surface area contributed by atoms with Gasteiger partial charge < -0.3 is 10.2 Å². The highest BCUT2D eigenvalue weighted by Gasteiger charge is 2.11. The van der Waals surface area contributed by atoms with Gasteiger partial charge >= 0.3 is 0 Å². The second-order valence-corrected chi connectivity index (χ2v) is 2.39. The summed E-state index contributed by atoms with van der Waals surface area (Å²) in [5.74, 6) is -0.844. The van der Waals surface area contributed by atoms with E-state index in [1.165, 1.54) is 11.8 Å². The zero-order chi connectivity index (χ0) is 8.85. The van der Waals surface area contributed by atoms with E-state index in [1.807, 2.05) is 0 Å². The van der Waals surface area contributed by atoms with Gasteiger partial charge in [-0.1, -0.05) is 0 Å². The van der Waals surface area contributed by atoms with E-state index in [9.17, 15) is 9.59 Å². The number of amides is 1. The van der Waals surface area contributed by atoms with Gasteiger partial charge in [0, 0.05) is 27.1 Å². The van der Waals surface area contributed by atoms with Crippen LogP contribution in [0.4, 0.5) is 0 Å². The third-order valence-corrected chi connectivity index (χ3v) is 1.35. The molecule has 0 saturated heterocycles. The smallest absolute Gasteiger partial charge is 0.289 e. The lowest BCUT2D eigenvalue weighted by molar-refractivity contribution is -0.142. The molecule has 0 aliphatic rings. The van der Waals surface area contributed by atoms with Crippen molar-refractivity contribution in [3.63, 3.8) is 0 Å². The maximum Gasteiger partial charge on any atom is 0.289 e. The molecule has 1 N–H and O–H groups in total. The average molecular weight is 158 g/mol. The minimum atomic E-state index is -0.430. The highest BCUT2D eigenvalue weighted by molar-refractivity contribution is 6.34. The van der Waals surface area contributed by atoms with Crippen LogP contribution in [-0.4, -0.2) is 43.8 Å². The molecule has 0 atom stereocenters. The predicted molar refractivity (Wildman–Crippen MR) is 42.2 cm³/mol. The number of hydrogen-bond donors (Lipinski definition) is 1. The summed E-state index contributed by atoms with van der Waals surface area (Å²) in [6, 6.07) is 0. The van der Waals surface area contributed by atoms with Gasteiger partial charge in [0.1, 0.15) is 0 Å². The Kier molecular flexibility index (Phi) is 4.45. The van der Waals surface area contributed by atoms with Crippen molar-refractivity contribution < 1.29 is 9.59 Å². The Labute approximate surface area is 66.6 Å². The molecule has 0 saturated carbocycles. The van der Waals surface area contributed by atoms with Crippen LogP contribution in [0.3, 0.4) is 0 Å². The van der Waals surface area contributed by atoms with Crippen LogP contribution in [0, 0.1) is 0 Å². The minimum Gasteiger partial charge on any atom is -0.338 e. The van der Waals surface area contributed by atoms with Crippen LogP contribution in [0.25, 0.3) is 0 Å². The zero-order valence-electron chi connectivity index (χ0n) is 7.18. The number of ketones is 1. The van der Waals surface area contributed by atoms with Gasteiger partial charge in [0.2, 0.25) is 5.78 Å². The van der Waals surface area contributed by atoms with Crippen LogP contribution >= 0.6 is 0 Å². The predicted octanol–water partition coefficient (Wildman–Crippen LogP) is -0.747. The van der Waals surface area contributed by atoms with Crippen LogP contribution < -0.4 is 5.32 Å². The number of carbonyl (C=O) groups is 2. The lowest BCUT2D eigenvalue weighted by atomic mass is 10.4. The van der Waals surface area contributed by atoms with Crippen LogP contribution in [0.2, 0.25) is 0 Å². The molecule has 0 bridgehead atoms. The molecule has 0 radical (unpaired) electrons. The number of carbonyl (C=O) groups excluding carboxylic acids is 2. The Balaban J connectivity index is 3.73. The van der Waals surface area contributed by atoms with E-state index < -0.39 is 11.7 Å². The SMILES string of the molecule is CNCCN(C)C(=O)C(C)=O. The summed E-state index contributed by atoms with van der Waals surface area (Å²) >= 11 is 0. The third-order valence-electron chi connectivity index (χ3n) is 1.35. The van der Waals surface area contributed by atoms with Crippen molar-refractivity contribution in [1.82, 2.24) is 10.2 Å². The number of nitrogens with zero attached hydrogens (tertiary/aromatic N) is 1. The fraction of sp³-hybridized carbons (Fsp3) is 0.714. The van der Waals surface area contributed by atoms with E-state index in [0.29, 0.717) is 13.1 Å². The van der Waals surface area contributed by atoms with E-state index in [2.05, 4.69) is 5.32 Å². The Morgan fingerprint density at radius 1 is 1.45 bits per heavy atom. The van der Waals surface area contributed by atoms with E-state index in [1.54, 1.807) is 14.1 Å². The quantitative estimate of drug-likeness (QED) is 0.548. The molecule has 0 aromatic heterocycles. The molecule has 1 amide bonds. The van der Waals surface area contributed by atoms with Gasteiger partial charge in [-0.3, -0.25) is 9.59 Å². The number of nitrogens with one attached hydrogen (secondary N) is 1. The second-order valence-electron chi connectivity index (χ2n) is 2.39. The molecule has 4 nitrogen and oxygen atoms in total. The van der Waals surface area contributed by atoms with E-state index in [0.717, 1.165) is 0 Å². The van der Waals surface area contributed by atoms with Crippen LogP contribution in [0.1, 0.15) is 6.92 Å². The van der Waals surface area contributed by atoms with E-state index in [-0.39, 0.29) is 0 Å². The Hall–Kier alpha value is -0.900. The molecular formula is C7H14N2O2. The molecule has 0 unspecified atom stereocenters. The van der Waals surface area contributed by atoms with Gasteiger partial charge in [0.15, 0.2) is 0 Å². The van der Waals surface area contributed by atoms with Gasteiger partial charge in [-0.2, -0.15) is 0 Å². The molecule has 0 heterocycles. The first-order chi connectivity index (χ1) is 5.09. The maximum atomic E-state index is 10.9. The molecule has 4 heteroatoms. The van der Waals surface area contributed by atoms with Crippen LogP contribution in [0.15, 0.2) is 0 Å². The van der Waals surface area contributed by atoms with Crippen molar-refractivity contribution in [2.45, 2.75) is 6.92 Å². The molecule has 0 aromatic carbocycles. The van der Waals surface area contributed by atoms with Gasteiger partial charge in [-0.15, -0.1) is 0 Å². The highest BCUT2D eigenvalue weighted by Crippen LogP contribution is 1.84. The molecule has 0 rings (SSSR count). The van der Waals surface area contributed by atoms with Gasteiger partial charge in [-0.25, -0.2) is 0 Å². The van der Waals surface area contributed by atoms with Crippen molar-refractivity contribution in [1.29, 1.82) is 0 Å². The summed E-state index contributed by atoms with van der Waals surface area (Å²) in [6.07, 6.45) is 0. The molecule has 0 aliphatic heterocycles. The number of rotatable bonds is 4. The monoisotopic (exact) mass is 158 g/mol. The standard InChI is InChI=1S/C7H14N2O2/c1-6(10)7(11)9(3)5-4-8-2/h8H,4-5H2,1-3H3. The minimum absolute atomic E-state index is 0.413. The Bertz CT molecular complexity index is 157. The summed E-state index contributed by atoms with van der Waals surface area (Å²) in [4.78, 5) is 22.8. The normalized spacial score (nSPS) is 9.36. The largest absolute Gasteiger partial charge is 0.338 e. The highest BCUT2D eigenvalue weighted by atomic mass is 16.2. The van der Waals surface area contributed by atoms with E-state index >= 15 is 0 Å². The van der Waals surface area contributed by atoms with E-state index in [4.69, 9.17) is 0 Å². The summed E-state index contributed by atoms with van der Waals surface area (Å²) in [6.45, 7) is 2.54. The maximum absolute atomic E-state index is 10.9. The first-order valence-corrected chi connectivity index (χ1v) is 3.50. The average Bonchev–Trinajstić information content (AvgIpc) is 1.98. The molecule has 0 spiro atoms. The van der Waals surface area contributed by atoms with Crippen molar-refractivity contribution in [2.24, 2.45) is 0 Å².